The first kappa shape index (κ1) is 11.9. The lowest BCUT2D eigenvalue weighted by atomic mass is 9.89. The average Bonchev–Trinajstić information content (AvgIpc) is 2.01. The van der Waals surface area contributed by atoms with Crippen molar-refractivity contribution in [2.45, 2.75) is 20.3 Å². The highest BCUT2D eigenvalue weighted by Gasteiger charge is 2.31. The molecule has 0 heterocycles. The van der Waals surface area contributed by atoms with E-state index in [2.05, 4.69) is 4.84 Å². The summed E-state index contributed by atoms with van der Waals surface area (Å²) in [6.07, 6.45) is -0.0767. The van der Waals surface area contributed by atoms with Crippen molar-refractivity contribution in [3.63, 3.8) is 0 Å². The Morgan fingerprint density at radius 2 is 1.92 bits per heavy atom. The van der Waals surface area contributed by atoms with E-state index in [9.17, 15) is 9.59 Å². The highest BCUT2D eigenvalue weighted by atomic mass is 16.7. The number of carboxylic acids is 1. The van der Waals surface area contributed by atoms with E-state index in [0.29, 0.717) is 0 Å². The maximum Gasteiger partial charge on any atom is 0.309 e. The average molecular weight is 189 g/mol. The number of carbonyl (C=O) groups is 2. The van der Waals surface area contributed by atoms with Gasteiger partial charge in [-0.05, 0) is 13.8 Å². The highest BCUT2D eigenvalue weighted by molar-refractivity contribution is 5.83. The minimum absolute atomic E-state index is 0.0767. The van der Waals surface area contributed by atoms with Crippen LogP contribution in [0.25, 0.3) is 0 Å². The maximum atomic E-state index is 11.2. The molecule has 0 atom stereocenters. The Morgan fingerprint density at radius 1 is 1.46 bits per heavy atom. The Hall–Kier alpha value is -1.10. The number of carbonyl (C=O) groups excluding carboxylic acids is 1. The number of nitrogens with zero attached hydrogens (tertiary/aromatic N) is 1. The molecule has 0 aromatic carbocycles. The molecule has 0 saturated heterocycles. The number of carboxylic acid groups (broad SMARTS) is 1. The van der Waals surface area contributed by atoms with Crippen molar-refractivity contribution in [1.82, 2.24) is 5.06 Å². The van der Waals surface area contributed by atoms with Crippen LogP contribution in [0, 0.1) is 5.41 Å². The minimum atomic E-state index is -1.05. The molecular weight excluding hydrogens is 174 g/mol. The van der Waals surface area contributed by atoms with Crippen molar-refractivity contribution >= 4 is 11.9 Å². The van der Waals surface area contributed by atoms with Crippen LogP contribution in [-0.2, 0) is 14.4 Å². The van der Waals surface area contributed by atoms with Crippen LogP contribution in [0.15, 0.2) is 0 Å². The lowest BCUT2D eigenvalue weighted by Gasteiger charge is -2.21. The van der Waals surface area contributed by atoms with Gasteiger partial charge in [0.25, 0.3) is 0 Å². The second kappa shape index (κ2) is 4.23. The second-order valence-electron chi connectivity index (χ2n) is 3.44. The monoisotopic (exact) mass is 189 g/mol. The molecule has 0 rings (SSSR count). The molecule has 0 aromatic rings. The first-order valence-corrected chi connectivity index (χ1v) is 3.85. The van der Waals surface area contributed by atoms with Crippen LogP contribution in [0.1, 0.15) is 20.3 Å². The molecule has 5 heteroatoms. The maximum absolute atomic E-state index is 11.2. The van der Waals surface area contributed by atoms with Gasteiger partial charge in [-0.2, -0.15) is 0 Å². The molecule has 0 aliphatic rings. The number of aliphatic carboxylic acids is 1. The van der Waals surface area contributed by atoms with Crippen molar-refractivity contribution in [2.24, 2.45) is 5.41 Å². The van der Waals surface area contributed by atoms with E-state index in [1.165, 1.54) is 28.0 Å². The van der Waals surface area contributed by atoms with E-state index < -0.39 is 11.4 Å². The third-order valence-electron chi connectivity index (χ3n) is 1.80. The Labute approximate surface area is 77.2 Å². The fourth-order valence-corrected chi connectivity index (χ4v) is 0.667. The van der Waals surface area contributed by atoms with Crippen LogP contribution < -0.4 is 0 Å². The van der Waals surface area contributed by atoms with Gasteiger partial charge in [0, 0.05) is 13.5 Å². The summed E-state index contributed by atoms with van der Waals surface area (Å²) in [6.45, 7) is 2.99. The molecule has 0 fully saturated rings. The largest absolute Gasteiger partial charge is 0.481 e. The molecule has 5 nitrogen and oxygen atoms in total. The molecule has 0 bridgehead atoms. The molecule has 0 aliphatic carbocycles. The minimum Gasteiger partial charge on any atom is -0.481 e. The topological polar surface area (TPSA) is 66.8 Å². The van der Waals surface area contributed by atoms with E-state index in [4.69, 9.17) is 5.11 Å². The van der Waals surface area contributed by atoms with Gasteiger partial charge in [-0.3, -0.25) is 14.4 Å². The van der Waals surface area contributed by atoms with E-state index in [-0.39, 0.29) is 12.3 Å². The highest BCUT2D eigenvalue weighted by Crippen LogP contribution is 2.21. The van der Waals surface area contributed by atoms with E-state index in [1.54, 1.807) is 0 Å². The Kier molecular flexibility index (Phi) is 3.87. The van der Waals surface area contributed by atoms with Crippen LogP contribution in [0.5, 0.6) is 0 Å². The van der Waals surface area contributed by atoms with E-state index >= 15 is 0 Å². The summed E-state index contributed by atoms with van der Waals surface area (Å²) in [7, 11) is 2.80. The van der Waals surface area contributed by atoms with Crippen molar-refractivity contribution in [3.8, 4) is 0 Å². The van der Waals surface area contributed by atoms with Gasteiger partial charge in [0.2, 0.25) is 5.91 Å². The van der Waals surface area contributed by atoms with Gasteiger partial charge in [0.1, 0.15) is 0 Å². The van der Waals surface area contributed by atoms with Crippen LogP contribution >= 0.6 is 0 Å². The van der Waals surface area contributed by atoms with Gasteiger partial charge >= 0.3 is 5.97 Å². The van der Waals surface area contributed by atoms with Crippen LogP contribution in [0.3, 0.4) is 0 Å². The molecule has 0 aliphatic heterocycles. The number of hydrogen-bond acceptors (Lipinski definition) is 3. The smallest absolute Gasteiger partial charge is 0.309 e. The summed E-state index contributed by atoms with van der Waals surface area (Å²) in [6, 6.07) is 0. The van der Waals surface area contributed by atoms with Gasteiger partial charge < -0.3 is 5.11 Å². The summed E-state index contributed by atoms with van der Waals surface area (Å²) in [5.41, 5.74) is -1.05. The molecular formula is C8H15NO4. The Bertz CT molecular complexity index is 212. The molecule has 1 amide bonds. The van der Waals surface area contributed by atoms with E-state index in [1.807, 2.05) is 0 Å². The SMILES string of the molecule is CON(C)C(=O)CC(C)(C)C(=O)O. The predicted molar refractivity (Wildman–Crippen MR) is 45.8 cm³/mol. The number of hydrogen-bond donors (Lipinski definition) is 1. The third kappa shape index (κ3) is 3.42. The third-order valence-corrected chi connectivity index (χ3v) is 1.80. The van der Waals surface area contributed by atoms with Gasteiger partial charge in [0.05, 0.1) is 12.5 Å². The molecule has 0 spiro atoms. The Balaban J connectivity index is 4.28. The summed E-state index contributed by atoms with van der Waals surface area (Å²) in [4.78, 5) is 26.5. The van der Waals surface area contributed by atoms with Crippen molar-refractivity contribution < 1.29 is 19.5 Å². The zero-order valence-electron chi connectivity index (χ0n) is 8.33. The zero-order chi connectivity index (χ0) is 10.6. The number of amides is 1. The van der Waals surface area contributed by atoms with E-state index in [0.717, 1.165) is 5.06 Å². The van der Waals surface area contributed by atoms with Crippen LogP contribution in [0.2, 0.25) is 0 Å². The second-order valence-corrected chi connectivity index (χ2v) is 3.44. The summed E-state index contributed by atoms with van der Waals surface area (Å²) in [5.74, 6) is -1.35. The first-order chi connectivity index (χ1) is 5.81. The molecule has 0 aromatic heterocycles. The molecule has 1 N–H and O–H groups in total. The Morgan fingerprint density at radius 3 is 2.23 bits per heavy atom. The van der Waals surface area contributed by atoms with Gasteiger partial charge in [0.15, 0.2) is 0 Å². The van der Waals surface area contributed by atoms with Crippen LogP contribution in [-0.4, -0.2) is 36.2 Å². The zero-order valence-corrected chi connectivity index (χ0v) is 8.33. The molecule has 0 unspecified atom stereocenters. The number of hydroxylamine groups is 2. The normalized spacial score (nSPS) is 11.1. The molecule has 76 valence electrons. The van der Waals surface area contributed by atoms with Gasteiger partial charge in [-0.25, -0.2) is 5.06 Å². The number of rotatable bonds is 4. The van der Waals surface area contributed by atoms with Crippen molar-refractivity contribution in [3.05, 3.63) is 0 Å². The molecule has 13 heavy (non-hydrogen) atoms. The fourth-order valence-electron chi connectivity index (χ4n) is 0.667. The lowest BCUT2D eigenvalue weighted by Crippen LogP contribution is -2.34. The molecule has 0 saturated carbocycles. The summed E-state index contributed by atoms with van der Waals surface area (Å²) < 4.78 is 0. The summed E-state index contributed by atoms with van der Waals surface area (Å²) >= 11 is 0. The quantitative estimate of drug-likeness (QED) is 0.654. The standard InChI is InChI=1S/C8H15NO4/c1-8(2,7(11)12)5-6(10)9(3)13-4/h5H2,1-4H3,(H,11,12). The van der Waals surface area contributed by atoms with Crippen molar-refractivity contribution in [2.75, 3.05) is 14.2 Å². The van der Waals surface area contributed by atoms with Crippen LogP contribution in [0.4, 0.5) is 0 Å². The first-order valence-electron chi connectivity index (χ1n) is 3.85. The van der Waals surface area contributed by atoms with Crippen molar-refractivity contribution in [1.29, 1.82) is 0 Å². The van der Waals surface area contributed by atoms with Gasteiger partial charge in [-0.1, -0.05) is 0 Å². The fraction of sp³-hybridized carbons (Fsp3) is 0.750. The molecule has 0 radical (unpaired) electrons. The summed E-state index contributed by atoms with van der Waals surface area (Å²) in [5, 5.41) is 9.75. The predicted octanol–water partition coefficient (Wildman–Crippen LogP) is 0.507. The van der Waals surface area contributed by atoms with Gasteiger partial charge in [-0.15, -0.1) is 0 Å². The lowest BCUT2D eigenvalue weighted by molar-refractivity contribution is -0.173.